The van der Waals surface area contributed by atoms with Crippen LogP contribution >= 0.6 is 11.8 Å². The predicted octanol–water partition coefficient (Wildman–Crippen LogP) is 5.34. The molecule has 0 saturated heterocycles. The van der Waals surface area contributed by atoms with E-state index in [1.165, 1.54) is 6.92 Å². The van der Waals surface area contributed by atoms with Crippen LogP contribution in [-0.4, -0.2) is 33.9 Å². The lowest BCUT2D eigenvalue weighted by Crippen LogP contribution is -2.42. The van der Waals surface area contributed by atoms with Crippen LogP contribution in [0, 0.1) is 0 Å². The van der Waals surface area contributed by atoms with E-state index in [-0.39, 0.29) is 17.3 Å². The molecule has 0 aliphatic carbocycles. The van der Waals surface area contributed by atoms with Crippen molar-refractivity contribution in [3.63, 3.8) is 0 Å². The van der Waals surface area contributed by atoms with Crippen molar-refractivity contribution < 1.29 is 24.2 Å². The summed E-state index contributed by atoms with van der Waals surface area (Å²) in [5.41, 5.74) is 2.04. The Morgan fingerprint density at radius 1 is 0.914 bits per heavy atom. The van der Waals surface area contributed by atoms with Crippen LogP contribution in [0.2, 0.25) is 0 Å². The number of rotatable bonds is 11. The number of ether oxygens (including phenoxy) is 1. The van der Waals surface area contributed by atoms with Crippen molar-refractivity contribution in [1.82, 2.24) is 5.32 Å². The highest BCUT2D eigenvalue weighted by Gasteiger charge is 2.22. The molecular weight excluding hydrogens is 462 g/mol. The van der Waals surface area contributed by atoms with Crippen molar-refractivity contribution in [1.29, 1.82) is 0 Å². The van der Waals surface area contributed by atoms with Gasteiger partial charge in [0.15, 0.2) is 5.12 Å². The Hall–Kier alpha value is -3.84. The molecule has 0 saturated carbocycles. The summed E-state index contributed by atoms with van der Waals surface area (Å²) in [5, 5.41) is 12.1. The van der Waals surface area contributed by atoms with E-state index in [0.717, 1.165) is 22.9 Å². The molecule has 2 N–H and O–H groups in total. The first-order valence-corrected chi connectivity index (χ1v) is 12.1. The summed E-state index contributed by atoms with van der Waals surface area (Å²) in [6.45, 7) is 1.43. The van der Waals surface area contributed by atoms with Gasteiger partial charge in [-0.2, -0.15) is 0 Å². The highest BCUT2D eigenvalue weighted by molar-refractivity contribution is 8.13. The Bertz CT molecular complexity index is 1160. The molecule has 0 fully saturated rings. The predicted molar refractivity (Wildman–Crippen MR) is 138 cm³/mol. The lowest BCUT2D eigenvalue weighted by Gasteiger charge is -2.16. The van der Waals surface area contributed by atoms with Crippen LogP contribution in [0.15, 0.2) is 90.5 Å². The van der Waals surface area contributed by atoms with Gasteiger partial charge < -0.3 is 15.2 Å². The fraction of sp³-hybridized carbons (Fsp3) is 0.179. The molecule has 3 aromatic carbocycles. The Morgan fingerprint density at radius 3 is 2.11 bits per heavy atom. The quantitative estimate of drug-likeness (QED) is 0.353. The molecule has 0 aliphatic heterocycles. The number of para-hydroxylation sites is 1. The maximum atomic E-state index is 13.0. The van der Waals surface area contributed by atoms with Gasteiger partial charge in [0.25, 0.3) is 0 Å². The zero-order valence-electron chi connectivity index (χ0n) is 19.3. The number of carboxylic acids is 1. The number of hydrogen-bond donors (Lipinski definition) is 2. The van der Waals surface area contributed by atoms with Gasteiger partial charge in [-0.3, -0.25) is 9.59 Å². The van der Waals surface area contributed by atoms with E-state index in [2.05, 4.69) is 5.32 Å². The Balaban J connectivity index is 1.71. The fourth-order valence-electron chi connectivity index (χ4n) is 3.27. The van der Waals surface area contributed by atoms with Gasteiger partial charge in [-0.15, -0.1) is 0 Å². The third-order valence-electron chi connectivity index (χ3n) is 5.09. The van der Waals surface area contributed by atoms with E-state index in [9.17, 15) is 19.5 Å². The summed E-state index contributed by atoms with van der Waals surface area (Å²) >= 11 is 0.997. The first kappa shape index (κ1) is 25.8. The van der Waals surface area contributed by atoms with Crippen LogP contribution in [0.5, 0.6) is 11.5 Å². The van der Waals surface area contributed by atoms with Crippen LogP contribution < -0.4 is 10.1 Å². The van der Waals surface area contributed by atoms with Crippen LogP contribution in [0.1, 0.15) is 24.5 Å². The number of amides is 1. The Labute approximate surface area is 209 Å². The number of aliphatic carboxylic acids is 1. The summed E-state index contributed by atoms with van der Waals surface area (Å²) in [6, 6.07) is 25.0. The van der Waals surface area contributed by atoms with Crippen molar-refractivity contribution >= 4 is 34.8 Å². The number of aryl methyl sites for hydroxylation is 1. The zero-order chi connectivity index (χ0) is 25.0. The third-order valence-corrected chi connectivity index (χ3v) is 5.95. The van der Waals surface area contributed by atoms with Gasteiger partial charge in [0.1, 0.15) is 17.5 Å². The van der Waals surface area contributed by atoms with Crippen molar-refractivity contribution in [3.8, 4) is 11.5 Å². The second-order valence-electron chi connectivity index (χ2n) is 7.82. The molecule has 0 aromatic heterocycles. The molecule has 0 heterocycles. The van der Waals surface area contributed by atoms with Crippen LogP contribution in [-0.2, 0) is 20.8 Å². The van der Waals surface area contributed by atoms with E-state index < -0.39 is 17.9 Å². The molecule has 0 unspecified atom stereocenters. The summed E-state index contributed by atoms with van der Waals surface area (Å²) < 4.78 is 5.79. The minimum absolute atomic E-state index is 0.130. The standard InChI is InChI=1S/C28H27NO5S/c1-20(30)35-19-23(18-22-12-15-25(16-13-22)34-24-10-6-3-7-11-24)27(31)29-26(28(32)33)17-14-21-8-4-2-5-9-21/h2-13,15-16,18,26H,14,17,19H2,1H3,(H,29,31)(H,32,33)/b23-18+/t26-/m0/s1. The second kappa shape index (κ2) is 13.2. The number of benzene rings is 3. The molecule has 3 rings (SSSR count). The van der Waals surface area contributed by atoms with E-state index in [1.54, 1.807) is 30.3 Å². The topological polar surface area (TPSA) is 92.7 Å². The van der Waals surface area contributed by atoms with Crippen LogP contribution in [0.4, 0.5) is 0 Å². The van der Waals surface area contributed by atoms with E-state index >= 15 is 0 Å². The summed E-state index contributed by atoms with van der Waals surface area (Å²) in [7, 11) is 0. The van der Waals surface area contributed by atoms with Gasteiger partial charge in [0.05, 0.1) is 0 Å². The molecular formula is C28H27NO5S. The molecule has 0 bridgehead atoms. The van der Waals surface area contributed by atoms with Gasteiger partial charge >= 0.3 is 5.97 Å². The molecule has 0 spiro atoms. The van der Waals surface area contributed by atoms with E-state index in [0.29, 0.717) is 23.5 Å². The monoisotopic (exact) mass is 489 g/mol. The van der Waals surface area contributed by atoms with Gasteiger partial charge in [-0.25, -0.2) is 4.79 Å². The lowest BCUT2D eigenvalue weighted by molar-refractivity contribution is -0.141. The smallest absolute Gasteiger partial charge is 0.326 e. The maximum absolute atomic E-state index is 13.0. The fourth-order valence-corrected chi connectivity index (χ4v) is 3.85. The molecule has 3 aromatic rings. The third kappa shape index (κ3) is 8.79. The van der Waals surface area contributed by atoms with Gasteiger partial charge in [0, 0.05) is 18.2 Å². The molecule has 6 nitrogen and oxygen atoms in total. The molecule has 180 valence electrons. The Morgan fingerprint density at radius 2 is 1.51 bits per heavy atom. The summed E-state index contributed by atoms with van der Waals surface area (Å²) in [6.07, 6.45) is 2.43. The largest absolute Gasteiger partial charge is 0.480 e. The Kier molecular flexibility index (Phi) is 9.69. The minimum atomic E-state index is -1.10. The van der Waals surface area contributed by atoms with Crippen LogP contribution in [0.3, 0.4) is 0 Å². The SMILES string of the molecule is CC(=O)SC/C(=C\c1ccc(Oc2ccccc2)cc1)C(=O)N[C@@H](CCc1ccccc1)C(=O)O. The molecule has 0 aliphatic rings. The zero-order valence-corrected chi connectivity index (χ0v) is 20.2. The number of carbonyl (C=O) groups is 3. The highest BCUT2D eigenvalue weighted by atomic mass is 32.2. The average molecular weight is 490 g/mol. The second-order valence-corrected chi connectivity index (χ2v) is 8.97. The molecule has 1 amide bonds. The van der Waals surface area contributed by atoms with Crippen LogP contribution in [0.25, 0.3) is 6.08 Å². The first-order valence-electron chi connectivity index (χ1n) is 11.1. The summed E-state index contributed by atoms with van der Waals surface area (Å²) in [5.74, 6) is -0.124. The number of nitrogens with one attached hydrogen (secondary N) is 1. The lowest BCUT2D eigenvalue weighted by atomic mass is 10.0. The van der Waals surface area contributed by atoms with Gasteiger partial charge in [-0.1, -0.05) is 72.4 Å². The number of hydrogen-bond acceptors (Lipinski definition) is 5. The van der Waals surface area contributed by atoms with E-state index in [1.807, 2.05) is 60.7 Å². The highest BCUT2D eigenvalue weighted by Crippen LogP contribution is 2.22. The molecule has 7 heteroatoms. The number of carboxylic acid groups (broad SMARTS) is 1. The van der Waals surface area contributed by atoms with Gasteiger partial charge in [-0.05, 0) is 54.3 Å². The van der Waals surface area contributed by atoms with Crippen molar-refractivity contribution in [2.75, 3.05) is 5.75 Å². The van der Waals surface area contributed by atoms with Crippen molar-refractivity contribution in [2.24, 2.45) is 0 Å². The van der Waals surface area contributed by atoms with E-state index in [4.69, 9.17) is 4.74 Å². The first-order chi connectivity index (χ1) is 16.9. The number of carbonyl (C=O) groups excluding carboxylic acids is 2. The maximum Gasteiger partial charge on any atom is 0.326 e. The summed E-state index contributed by atoms with van der Waals surface area (Å²) in [4.78, 5) is 36.3. The molecule has 0 radical (unpaired) electrons. The average Bonchev–Trinajstić information content (AvgIpc) is 2.86. The normalized spacial score (nSPS) is 12.0. The molecule has 35 heavy (non-hydrogen) atoms. The van der Waals surface area contributed by atoms with Crippen molar-refractivity contribution in [2.45, 2.75) is 25.8 Å². The minimum Gasteiger partial charge on any atom is -0.480 e. The van der Waals surface area contributed by atoms with Crippen molar-refractivity contribution in [3.05, 3.63) is 102 Å². The molecule has 1 atom stereocenters. The van der Waals surface area contributed by atoms with Gasteiger partial charge in [0.2, 0.25) is 5.91 Å². The number of thioether (sulfide) groups is 1.